The van der Waals surface area contributed by atoms with Crippen molar-refractivity contribution in [1.29, 1.82) is 0 Å². The Morgan fingerprint density at radius 3 is 2.86 bits per heavy atom. The summed E-state index contributed by atoms with van der Waals surface area (Å²) < 4.78 is 0. The largest absolute Gasteiger partial charge is 0.393 e. The fourth-order valence-electron chi connectivity index (χ4n) is 5.59. The van der Waals surface area contributed by atoms with Crippen molar-refractivity contribution in [2.24, 2.45) is 17.3 Å². The van der Waals surface area contributed by atoms with E-state index in [2.05, 4.69) is 17.9 Å². The van der Waals surface area contributed by atoms with Gasteiger partial charge in [-0.25, -0.2) is 5.26 Å². The fourth-order valence-corrected chi connectivity index (χ4v) is 5.59. The molecule has 3 nitrogen and oxygen atoms in total. The quantitative estimate of drug-likeness (QED) is 0.611. The molecule has 0 radical (unpaired) electrons. The second-order valence-electron chi connectivity index (χ2n) is 7.51. The first kappa shape index (κ1) is 13.6. The number of hydrogen-bond donors (Lipinski definition) is 2. The summed E-state index contributed by atoms with van der Waals surface area (Å²) in [4.78, 5) is 4.38. The van der Waals surface area contributed by atoms with Crippen LogP contribution >= 0.6 is 0 Å². The van der Waals surface area contributed by atoms with E-state index in [0.29, 0.717) is 23.5 Å². The van der Waals surface area contributed by atoms with Crippen LogP contribution in [0.3, 0.4) is 0 Å². The zero-order valence-corrected chi connectivity index (χ0v) is 12.6. The van der Waals surface area contributed by atoms with Crippen LogP contribution in [0.1, 0.15) is 56.1 Å². The molecule has 3 heteroatoms. The second kappa shape index (κ2) is 4.72. The average molecular weight is 288 g/mol. The molecule has 3 aliphatic rings. The van der Waals surface area contributed by atoms with Crippen LogP contribution in [0, 0.1) is 17.3 Å². The van der Waals surface area contributed by atoms with Gasteiger partial charge in [-0.2, -0.15) is 0 Å². The van der Waals surface area contributed by atoms with E-state index in [-0.39, 0.29) is 11.5 Å². The Hall–Kier alpha value is -1.06. The van der Waals surface area contributed by atoms with E-state index in [4.69, 9.17) is 5.26 Å². The third-order valence-corrected chi connectivity index (χ3v) is 6.75. The van der Waals surface area contributed by atoms with E-state index in [1.807, 2.05) is 12.1 Å². The molecule has 1 aromatic rings. The van der Waals surface area contributed by atoms with E-state index in [0.717, 1.165) is 19.3 Å². The summed E-state index contributed by atoms with van der Waals surface area (Å²) in [6, 6.07) is 6.01. The highest BCUT2D eigenvalue weighted by Gasteiger charge is 2.54. The van der Waals surface area contributed by atoms with Crippen LogP contribution in [0.25, 0.3) is 0 Å². The molecule has 2 saturated carbocycles. The lowest BCUT2D eigenvalue weighted by Gasteiger charge is -2.50. The molecule has 0 spiro atoms. The van der Waals surface area contributed by atoms with Crippen molar-refractivity contribution in [2.45, 2.75) is 57.5 Å². The summed E-state index contributed by atoms with van der Waals surface area (Å²) in [6.45, 7) is 2.31. The van der Waals surface area contributed by atoms with Gasteiger partial charge in [0.15, 0.2) is 5.75 Å². The minimum atomic E-state index is -0.102. The molecular formula is C18H24O3. The molecule has 3 aliphatic carbocycles. The molecule has 0 aromatic heterocycles. The highest BCUT2D eigenvalue weighted by Crippen LogP contribution is 2.60. The van der Waals surface area contributed by atoms with Crippen LogP contribution in [-0.2, 0) is 6.42 Å². The number of aliphatic hydroxyl groups excluding tert-OH is 1. The maximum atomic E-state index is 10.4. The van der Waals surface area contributed by atoms with Gasteiger partial charge in [-0.1, -0.05) is 13.0 Å². The first-order valence-corrected chi connectivity index (χ1v) is 8.26. The second-order valence-corrected chi connectivity index (χ2v) is 7.51. The van der Waals surface area contributed by atoms with Crippen LogP contribution in [0.4, 0.5) is 0 Å². The topological polar surface area (TPSA) is 49.7 Å². The van der Waals surface area contributed by atoms with Gasteiger partial charge < -0.3 is 9.99 Å². The zero-order chi connectivity index (χ0) is 14.6. The Morgan fingerprint density at radius 1 is 1.19 bits per heavy atom. The predicted octanol–water partition coefficient (Wildman–Crippen LogP) is 3.76. The van der Waals surface area contributed by atoms with Gasteiger partial charge >= 0.3 is 0 Å². The van der Waals surface area contributed by atoms with E-state index < -0.39 is 0 Å². The van der Waals surface area contributed by atoms with Gasteiger partial charge in [0, 0.05) is 0 Å². The lowest BCUT2D eigenvalue weighted by Crippen LogP contribution is -2.43. The summed E-state index contributed by atoms with van der Waals surface area (Å²) in [6.07, 6.45) is 6.66. The highest BCUT2D eigenvalue weighted by molar-refractivity contribution is 5.40. The predicted molar refractivity (Wildman–Crippen MR) is 80.3 cm³/mol. The number of fused-ring (bicyclic) bond motifs is 5. The maximum Gasteiger partial charge on any atom is 0.165 e. The van der Waals surface area contributed by atoms with Crippen molar-refractivity contribution in [3.05, 3.63) is 29.3 Å². The molecule has 21 heavy (non-hydrogen) atoms. The lowest BCUT2D eigenvalue weighted by atomic mass is 9.55. The summed E-state index contributed by atoms with van der Waals surface area (Å²) in [7, 11) is 0. The van der Waals surface area contributed by atoms with Gasteiger partial charge in [-0.15, -0.1) is 0 Å². The van der Waals surface area contributed by atoms with Crippen LogP contribution in [0.2, 0.25) is 0 Å². The summed E-state index contributed by atoms with van der Waals surface area (Å²) >= 11 is 0. The summed E-state index contributed by atoms with van der Waals surface area (Å²) in [5, 5.41) is 19.2. The van der Waals surface area contributed by atoms with E-state index >= 15 is 0 Å². The molecule has 1 aromatic carbocycles. The Balaban J connectivity index is 1.68. The number of aliphatic hydroxyl groups is 1. The molecule has 2 fully saturated rings. The molecule has 0 unspecified atom stereocenters. The van der Waals surface area contributed by atoms with Crippen LogP contribution in [0.5, 0.6) is 5.75 Å². The smallest absolute Gasteiger partial charge is 0.165 e. The number of hydrogen-bond acceptors (Lipinski definition) is 3. The van der Waals surface area contributed by atoms with Crippen molar-refractivity contribution in [1.82, 2.24) is 0 Å². The summed E-state index contributed by atoms with van der Waals surface area (Å²) in [5.41, 5.74) is 2.94. The maximum absolute atomic E-state index is 10.4. The average Bonchev–Trinajstić information content (AvgIpc) is 2.82. The third-order valence-electron chi connectivity index (χ3n) is 6.75. The third kappa shape index (κ3) is 1.87. The molecule has 0 amide bonds. The van der Waals surface area contributed by atoms with Gasteiger partial charge in [0.05, 0.1) is 6.10 Å². The van der Waals surface area contributed by atoms with Gasteiger partial charge in [0.25, 0.3) is 0 Å². The van der Waals surface area contributed by atoms with Crippen molar-refractivity contribution in [3.8, 4) is 5.75 Å². The molecule has 2 N–H and O–H groups in total. The lowest BCUT2D eigenvalue weighted by molar-refractivity contribution is -0.137. The van der Waals surface area contributed by atoms with Crippen LogP contribution in [0.15, 0.2) is 18.2 Å². The number of aryl methyl sites for hydroxylation is 1. The van der Waals surface area contributed by atoms with Gasteiger partial charge in [-0.05, 0) is 85.0 Å². The molecule has 4 rings (SSSR count). The first-order valence-electron chi connectivity index (χ1n) is 8.26. The summed E-state index contributed by atoms with van der Waals surface area (Å²) in [5.74, 6) is 2.57. The van der Waals surface area contributed by atoms with Crippen molar-refractivity contribution in [2.75, 3.05) is 0 Å². The van der Waals surface area contributed by atoms with Crippen LogP contribution < -0.4 is 4.89 Å². The van der Waals surface area contributed by atoms with Crippen molar-refractivity contribution in [3.63, 3.8) is 0 Å². The fraction of sp³-hybridized carbons (Fsp3) is 0.667. The van der Waals surface area contributed by atoms with E-state index in [9.17, 15) is 5.11 Å². The molecule has 114 valence electrons. The van der Waals surface area contributed by atoms with Crippen molar-refractivity contribution >= 4 is 0 Å². The molecule has 5 atom stereocenters. The number of rotatable bonds is 1. The van der Waals surface area contributed by atoms with Crippen LogP contribution in [-0.4, -0.2) is 16.5 Å². The van der Waals surface area contributed by atoms with Gasteiger partial charge in [0.1, 0.15) is 0 Å². The minimum Gasteiger partial charge on any atom is -0.393 e. The van der Waals surface area contributed by atoms with E-state index in [1.54, 1.807) is 0 Å². The molecule has 0 heterocycles. The van der Waals surface area contributed by atoms with Gasteiger partial charge in [-0.3, -0.25) is 0 Å². The standard InChI is InChI=1S/C18H24O3/c1-18-9-8-14-13-5-3-12(21-20)10-11(13)2-4-15(14)16(18)6-7-17(18)19/h3,5,10,14-17,19-20H,2,4,6-9H2,1H3/t14-,15-,16+,17+,18+/m1/s1. The van der Waals surface area contributed by atoms with Gasteiger partial charge in [0.2, 0.25) is 0 Å². The normalized spacial score (nSPS) is 41.1. The number of benzene rings is 1. The molecule has 0 aliphatic heterocycles. The minimum absolute atomic E-state index is 0.102. The molecule has 0 bridgehead atoms. The first-order chi connectivity index (χ1) is 10.1. The highest BCUT2D eigenvalue weighted by atomic mass is 17.1. The van der Waals surface area contributed by atoms with Crippen molar-refractivity contribution < 1.29 is 15.3 Å². The SMILES string of the molecule is C[C@]12CC[C@@H]3c4ccc(OO)cc4CC[C@H]3[C@@H]1CC[C@@H]2O. The molecular weight excluding hydrogens is 264 g/mol. The Morgan fingerprint density at radius 2 is 2.05 bits per heavy atom. The zero-order valence-electron chi connectivity index (χ0n) is 12.6. The Labute approximate surface area is 125 Å². The monoisotopic (exact) mass is 288 g/mol. The van der Waals surface area contributed by atoms with E-state index in [1.165, 1.54) is 30.4 Å². The Kier molecular flexibility index (Phi) is 3.05. The Bertz CT molecular complexity index is 555. The molecule has 0 saturated heterocycles.